The Hall–Kier alpha value is -1.79. The Morgan fingerprint density at radius 3 is 2.81 bits per heavy atom. The highest BCUT2D eigenvalue weighted by atomic mass is 35.5. The zero-order valence-corrected chi connectivity index (χ0v) is 12.5. The van der Waals surface area contributed by atoms with E-state index >= 15 is 0 Å². The van der Waals surface area contributed by atoms with Crippen molar-refractivity contribution in [3.8, 4) is 5.75 Å². The molecule has 0 radical (unpaired) electrons. The first-order chi connectivity index (χ1) is 10.2. The van der Waals surface area contributed by atoms with E-state index in [4.69, 9.17) is 22.1 Å². The predicted octanol–water partition coefficient (Wildman–Crippen LogP) is 1.63. The quantitative estimate of drug-likeness (QED) is 0.536. The molecular formula is C14H20ClN3O3. The molecule has 21 heavy (non-hydrogen) atoms. The number of imide groups is 1. The van der Waals surface area contributed by atoms with Crippen LogP contribution in [0.5, 0.6) is 5.75 Å². The summed E-state index contributed by atoms with van der Waals surface area (Å²) in [5.41, 5.74) is 5.34. The molecule has 3 amide bonds. The van der Waals surface area contributed by atoms with Crippen molar-refractivity contribution in [2.75, 3.05) is 26.2 Å². The van der Waals surface area contributed by atoms with Crippen LogP contribution in [0, 0.1) is 0 Å². The summed E-state index contributed by atoms with van der Waals surface area (Å²) in [6, 6.07) is 6.77. The van der Waals surface area contributed by atoms with Gasteiger partial charge in [-0.25, -0.2) is 4.79 Å². The third kappa shape index (κ3) is 6.46. The van der Waals surface area contributed by atoms with Gasteiger partial charge in [0.25, 0.3) is 0 Å². The molecule has 0 saturated carbocycles. The van der Waals surface area contributed by atoms with E-state index in [9.17, 15) is 9.59 Å². The van der Waals surface area contributed by atoms with E-state index in [-0.39, 0.29) is 0 Å². The summed E-state index contributed by atoms with van der Waals surface area (Å²) < 4.78 is 5.49. The molecule has 116 valence electrons. The molecule has 0 fully saturated rings. The zero-order valence-electron chi connectivity index (χ0n) is 11.8. The second kappa shape index (κ2) is 10.0. The summed E-state index contributed by atoms with van der Waals surface area (Å²) in [5.74, 6) is 0.614. The molecule has 3 N–H and O–H groups in total. The van der Waals surface area contributed by atoms with Gasteiger partial charge >= 0.3 is 6.03 Å². The van der Waals surface area contributed by atoms with Gasteiger partial charge in [0.2, 0.25) is 6.41 Å². The van der Waals surface area contributed by atoms with Crippen LogP contribution in [-0.2, 0) is 4.79 Å². The molecule has 0 spiro atoms. The van der Waals surface area contributed by atoms with Crippen LogP contribution in [0.25, 0.3) is 0 Å². The van der Waals surface area contributed by atoms with Crippen LogP contribution in [0.2, 0.25) is 5.02 Å². The number of amides is 3. The van der Waals surface area contributed by atoms with Crippen LogP contribution in [0.3, 0.4) is 0 Å². The Morgan fingerprint density at radius 2 is 2.14 bits per heavy atom. The number of carbonyl (C=O) groups excluding carboxylic acids is 2. The lowest BCUT2D eigenvalue weighted by Gasteiger charge is -2.15. The lowest BCUT2D eigenvalue weighted by Crippen LogP contribution is -2.40. The number of benzene rings is 1. The maximum Gasteiger partial charge on any atom is 0.323 e. The van der Waals surface area contributed by atoms with Gasteiger partial charge in [-0.3, -0.25) is 9.69 Å². The molecule has 0 aliphatic carbocycles. The van der Waals surface area contributed by atoms with E-state index < -0.39 is 6.03 Å². The molecule has 0 aliphatic heterocycles. The van der Waals surface area contributed by atoms with Crippen LogP contribution in [0.1, 0.15) is 12.8 Å². The molecule has 1 rings (SSSR count). The van der Waals surface area contributed by atoms with Crippen LogP contribution in [-0.4, -0.2) is 43.6 Å². The third-order valence-corrected chi connectivity index (χ3v) is 3.00. The van der Waals surface area contributed by atoms with Crippen LogP contribution in [0.15, 0.2) is 24.3 Å². The van der Waals surface area contributed by atoms with Gasteiger partial charge < -0.3 is 15.8 Å². The first kappa shape index (κ1) is 17.3. The molecule has 0 heterocycles. The first-order valence-corrected chi connectivity index (χ1v) is 7.14. The topological polar surface area (TPSA) is 84.7 Å². The number of nitrogens with one attached hydrogen (secondary N) is 1. The zero-order chi connectivity index (χ0) is 15.5. The predicted molar refractivity (Wildman–Crippen MR) is 81.4 cm³/mol. The van der Waals surface area contributed by atoms with Crippen molar-refractivity contribution in [3.63, 3.8) is 0 Å². The summed E-state index contributed by atoms with van der Waals surface area (Å²) in [6.07, 6.45) is 1.70. The molecule has 0 atom stereocenters. The molecule has 6 nitrogen and oxygen atoms in total. The molecule has 0 aliphatic rings. The van der Waals surface area contributed by atoms with E-state index in [1.54, 1.807) is 12.1 Å². The largest absolute Gasteiger partial charge is 0.492 e. The second-order valence-electron chi connectivity index (χ2n) is 4.31. The minimum Gasteiger partial charge on any atom is -0.492 e. The summed E-state index contributed by atoms with van der Waals surface area (Å²) in [4.78, 5) is 23.5. The number of ether oxygens (including phenoxy) is 1. The molecule has 0 unspecified atom stereocenters. The van der Waals surface area contributed by atoms with Gasteiger partial charge in [0, 0.05) is 13.1 Å². The number of urea groups is 1. The summed E-state index contributed by atoms with van der Waals surface area (Å²) >= 11 is 5.95. The van der Waals surface area contributed by atoms with E-state index in [2.05, 4.69) is 5.32 Å². The summed E-state index contributed by atoms with van der Waals surface area (Å²) in [7, 11) is 0. The van der Waals surface area contributed by atoms with Gasteiger partial charge in [-0.2, -0.15) is 0 Å². The third-order valence-electron chi connectivity index (χ3n) is 2.68. The van der Waals surface area contributed by atoms with Gasteiger partial charge in [-0.15, -0.1) is 0 Å². The molecule has 0 bridgehead atoms. The van der Waals surface area contributed by atoms with Gasteiger partial charge in [0.1, 0.15) is 5.75 Å². The van der Waals surface area contributed by atoms with E-state index in [0.29, 0.717) is 56.3 Å². The van der Waals surface area contributed by atoms with Crippen LogP contribution >= 0.6 is 11.6 Å². The molecule has 1 aromatic rings. The highest BCUT2D eigenvalue weighted by molar-refractivity contribution is 6.32. The van der Waals surface area contributed by atoms with Gasteiger partial charge in [0.05, 0.1) is 11.6 Å². The van der Waals surface area contributed by atoms with Crippen molar-refractivity contribution in [1.29, 1.82) is 0 Å². The minimum absolute atomic E-state index is 0.321. The monoisotopic (exact) mass is 313 g/mol. The Morgan fingerprint density at radius 1 is 1.38 bits per heavy atom. The fourth-order valence-electron chi connectivity index (χ4n) is 1.58. The Bertz CT molecular complexity index is 457. The van der Waals surface area contributed by atoms with E-state index in [1.165, 1.54) is 0 Å². The Labute approximate surface area is 129 Å². The van der Waals surface area contributed by atoms with Gasteiger partial charge in [0.15, 0.2) is 0 Å². The number of rotatable bonds is 9. The molecular weight excluding hydrogens is 294 g/mol. The maximum absolute atomic E-state index is 11.6. The van der Waals surface area contributed by atoms with Crippen molar-refractivity contribution >= 4 is 24.0 Å². The number of hydrogen-bond acceptors (Lipinski definition) is 4. The van der Waals surface area contributed by atoms with E-state index in [1.807, 2.05) is 12.1 Å². The average Bonchev–Trinajstić information content (AvgIpc) is 2.49. The fourth-order valence-corrected chi connectivity index (χ4v) is 1.77. The highest BCUT2D eigenvalue weighted by Crippen LogP contribution is 2.22. The first-order valence-electron chi connectivity index (χ1n) is 6.76. The van der Waals surface area contributed by atoms with Crippen LogP contribution < -0.4 is 15.8 Å². The molecule has 0 saturated heterocycles. The SMILES string of the molecule is NCCCN(C=O)C(=O)NCCCOc1ccccc1Cl. The number of para-hydroxylation sites is 1. The summed E-state index contributed by atoms with van der Waals surface area (Å²) in [6.45, 7) is 1.59. The molecule has 1 aromatic carbocycles. The normalized spacial score (nSPS) is 10.0. The van der Waals surface area contributed by atoms with Gasteiger partial charge in [-0.1, -0.05) is 23.7 Å². The number of nitrogens with zero attached hydrogens (tertiary/aromatic N) is 1. The number of halogens is 1. The Kier molecular flexibility index (Phi) is 8.23. The maximum atomic E-state index is 11.6. The van der Waals surface area contributed by atoms with Crippen molar-refractivity contribution in [3.05, 3.63) is 29.3 Å². The minimum atomic E-state index is -0.420. The molecule has 7 heteroatoms. The highest BCUT2D eigenvalue weighted by Gasteiger charge is 2.10. The van der Waals surface area contributed by atoms with Crippen molar-refractivity contribution in [2.45, 2.75) is 12.8 Å². The second-order valence-corrected chi connectivity index (χ2v) is 4.71. The standard InChI is InChI=1S/C14H20ClN3O3/c15-12-5-1-2-6-13(12)21-10-4-8-17-14(20)18(11-19)9-3-7-16/h1-2,5-6,11H,3-4,7-10,16H2,(H,17,20). The number of nitrogens with two attached hydrogens (primary N) is 1. The van der Waals surface area contributed by atoms with Crippen LogP contribution in [0.4, 0.5) is 4.79 Å². The van der Waals surface area contributed by atoms with Crippen molar-refractivity contribution in [2.24, 2.45) is 5.73 Å². The smallest absolute Gasteiger partial charge is 0.323 e. The lowest BCUT2D eigenvalue weighted by molar-refractivity contribution is -0.115. The number of hydrogen-bond donors (Lipinski definition) is 2. The average molecular weight is 314 g/mol. The lowest BCUT2D eigenvalue weighted by atomic mass is 10.3. The molecule has 0 aromatic heterocycles. The summed E-state index contributed by atoms with van der Waals surface area (Å²) in [5, 5.41) is 3.20. The van der Waals surface area contributed by atoms with Crippen molar-refractivity contribution < 1.29 is 14.3 Å². The van der Waals surface area contributed by atoms with Crippen molar-refractivity contribution in [1.82, 2.24) is 10.2 Å². The Balaban J connectivity index is 2.20. The number of carbonyl (C=O) groups is 2. The van der Waals surface area contributed by atoms with E-state index in [0.717, 1.165) is 4.90 Å². The van der Waals surface area contributed by atoms with Gasteiger partial charge in [-0.05, 0) is 31.5 Å². The fraction of sp³-hybridized carbons (Fsp3) is 0.429.